The smallest absolute Gasteiger partial charge is 0.233 e. The lowest BCUT2D eigenvalue weighted by Gasteiger charge is -2.12. The van der Waals surface area contributed by atoms with Crippen molar-refractivity contribution < 1.29 is 9.47 Å². The Morgan fingerprint density at radius 3 is 2.52 bits per heavy atom. The van der Waals surface area contributed by atoms with E-state index < -0.39 is 0 Å². The normalized spacial score (nSPS) is 10.1. The molecular weight excluding hydrogens is 294 g/mol. The Hall–Kier alpha value is -2.28. The van der Waals surface area contributed by atoms with Crippen molar-refractivity contribution in [3.05, 3.63) is 23.5 Å². The fraction of sp³-hybridized carbons (Fsp3) is 0.308. The number of benzene rings is 1. The second-order valence-electron chi connectivity index (χ2n) is 3.97. The summed E-state index contributed by atoms with van der Waals surface area (Å²) in [5, 5.41) is 6.14. The van der Waals surface area contributed by atoms with E-state index >= 15 is 0 Å². The molecule has 0 bridgehead atoms. The van der Waals surface area contributed by atoms with Gasteiger partial charge in [0.2, 0.25) is 17.2 Å². The summed E-state index contributed by atoms with van der Waals surface area (Å²) in [6.07, 6.45) is 0. The van der Waals surface area contributed by atoms with Crippen LogP contribution in [0.2, 0.25) is 5.28 Å². The van der Waals surface area contributed by atoms with Gasteiger partial charge in [-0.2, -0.15) is 15.0 Å². The lowest BCUT2D eigenvalue weighted by molar-refractivity contribution is 0.395. The second kappa shape index (κ2) is 6.94. The van der Waals surface area contributed by atoms with Crippen LogP contribution in [0.5, 0.6) is 11.5 Å². The number of nitrogens with zero attached hydrogens (tertiary/aromatic N) is 3. The van der Waals surface area contributed by atoms with Crippen molar-refractivity contribution in [1.29, 1.82) is 0 Å². The van der Waals surface area contributed by atoms with Gasteiger partial charge >= 0.3 is 0 Å². The first-order valence-corrected chi connectivity index (χ1v) is 6.68. The Labute approximate surface area is 127 Å². The minimum atomic E-state index is 0.107. The molecule has 112 valence electrons. The molecule has 0 radical (unpaired) electrons. The average molecular weight is 310 g/mol. The molecule has 8 heteroatoms. The maximum absolute atomic E-state index is 5.88. The zero-order valence-electron chi connectivity index (χ0n) is 12.0. The molecule has 21 heavy (non-hydrogen) atoms. The Balaban J connectivity index is 2.29. The van der Waals surface area contributed by atoms with E-state index in [0.29, 0.717) is 35.6 Å². The van der Waals surface area contributed by atoms with Crippen molar-refractivity contribution in [2.75, 3.05) is 31.4 Å². The molecule has 0 spiro atoms. The highest BCUT2D eigenvalue weighted by Crippen LogP contribution is 2.30. The molecule has 0 atom stereocenters. The molecule has 0 fully saturated rings. The number of hydrogen-bond acceptors (Lipinski definition) is 7. The maximum Gasteiger partial charge on any atom is 0.233 e. The molecule has 0 unspecified atom stereocenters. The van der Waals surface area contributed by atoms with E-state index in [9.17, 15) is 0 Å². The third kappa shape index (κ3) is 3.85. The van der Waals surface area contributed by atoms with Gasteiger partial charge in [-0.1, -0.05) is 0 Å². The van der Waals surface area contributed by atoms with Crippen LogP contribution in [0.1, 0.15) is 6.92 Å². The summed E-state index contributed by atoms with van der Waals surface area (Å²) in [5.41, 5.74) is 0.697. The molecule has 1 heterocycles. The summed E-state index contributed by atoms with van der Waals surface area (Å²) < 4.78 is 10.5. The van der Waals surface area contributed by atoms with Gasteiger partial charge in [-0.25, -0.2) is 0 Å². The van der Waals surface area contributed by atoms with Gasteiger partial charge in [0.25, 0.3) is 0 Å². The number of aromatic nitrogens is 3. The summed E-state index contributed by atoms with van der Waals surface area (Å²) in [6, 6.07) is 5.37. The van der Waals surface area contributed by atoms with E-state index in [2.05, 4.69) is 25.6 Å². The predicted octanol–water partition coefficient (Wildman–Crippen LogP) is 2.72. The number of nitrogens with one attached hydrogen (secondary N) is 2. The first-order chi connectivity index (χ1) is 10.2. The maximum atomic E-state index is 5.88. The largest absolute Gasteiger partial charge is 0.497 e. The van der Waals surface area contributed by atoms with Gasteiger partial charge in [0, 0.05) is 12.6 Å². The van der Waals surface area contributed by atoms with Crippen LogP contribution in [0, 0.1) is 0 Å². The van der Waals surface area contributed by atoms with Crippen LogP contribution >= 0.6 is 11.6 Å². The zero-order chi connectivity index (χ0) is 15.2. The Bertz CT molecular complexity index is 624. The van der Waals surface area contributed by atoms with Gasteiger partial charge in [0.05, 0.1) is 19.9 Å². The van der Waals surface area contributed by atoms with Gasteiger partial charge in [-0.3, -0.25) is 0 Å². The first-order valence-electron chi connectivity index (χ1n) is 6.30. The second-order valence-corrected chi connectivity index (χ2v) is 4.31. The van der Waals surface area contributed by atoms with E-state index in [4.69, 9.17) is 21.1 Å². The topological polar surface area (TPSA) is 81.2 Å². The minimum Gasteiger partial charge on any atom is -0.497 e. The van der Waals surface area contributed by atoms with Gasteiger partial charge in [-0.15, -0.1) is 0 Å². The third-order valence-corrected chi connectivity index (χ3v) is 2.77. The third-order valence-electron chi connectivity index (χ3n) is 2.60. The average Bonchev–Trinajstić information content (AvgIpc) is 2.47. The summed E-state index contributed by atoms with van der Waals surface area (Å²) in [4.78, 5) is 12.2. The van der Waals surface area contributed by atoms with Crippen molar-refractivity contribution in [1.82, 2.24) is 15.0 Å². The lowest BCUT2D eigenvalue weighted by Crippen LogP contribution is -2.07. The van der Waals surface area contributed by atoms with Crippen LogP contribution < -0.4 is 20.1 Å². The Morgan fingerprint density at radius 2 is 1.86 bits per heavy atom. The highest BCUT2D eigenvalue weighted by molar-refractivity contribution is 6.28. The van der Waals surface area contributed by atoms with E-state index in [0.717, 1.165) is 0 Å². The van der Waals surface area contributed by atoms with E-state index in [1.807, 2.05) is 13.0 Å². The molecule has 2 aromatic rings. The van der Waals surface area contributed by atoms with Crippen LogP contribution in [0.3, 0.4) is 0 Å². The molecule has 1 aromatic heterocycles. The highest BCUT2D eigenvalue weighted by Gasteiger charge is 2.09. The van der Waals surface area contributed by atoms with Crippen LogP contribution in [-0.2, 0) is 0 Å². The monoisotopic (exact) mass is 309 g/mol. The summed E-state index contributed by atoms with van der Waals surface area (Å²) in [5.74, 6) is 2.04. The first kappa shape index (κ1) is 15.1. The van der Waals surface area contributed by atoms with Gasteiger partial charge < -0.3 is 20.1 Å². The number of hydrogen-bond donors (Lipinski definition) is 2. The molecule has 0 amide bonds. The number of rotatable bonds is 6. The predicted molar refractivity (Wildman–Crippen MR) is 81.8 cm³/mol. The van der Waals surface area contributed by atoms with Crippen molar-refractivity contribution in [2.45, 2.75) is 6.92 Å². The lowest BCUT2D eigenvalue weighted by atomic mass is 10.2. The minimum absolute atomic E-state index is 0.107. The van der Waals surface area contributed by atoms with Gasteiger partial charge in [-0.05, 0) is 30.7 Å². The van der Waals surface area contributed by atoms with Crippen LogP contribution in [0.4, 0.5) is 17.6 Å². The van der Waals surface area contributed by atoms with Crippen LogP contribution in [-0.4, -0.2) is 35.7 Å². The molecule has 2 N–H and O–H groups in total. The fourth-order valence-corrected chi connectivity index (χ4v) is 1.83. The van der Waals surface area contributed by atoms with E-state index in [1.165, 1.54) is 0 Å². The molecule has 0 aliphatic carbocycles. The van der Waals surface area contributed by atoms with Crippen LogP contribution in [0.15, 0.2) is 18.2 Å². The van der Waals surface area contributed by atoms with Crippen LogP contribution in [0.25, 0.3) is 0 Å². The molecule has 2 rings (SSSR count). The number of anilines is 3. The standard InChI is InChI=1S/C13H16ClN5O2/c1-4-15-12-17-11(14)18-13(19-12)16-9-6-5-8(20-2)7-10(9)21-3/h5-7H,4H2,1-3H3,(H2,15,16,17,18,19). The highest BCUT2D eigenvalue weighted by atomic mass is 35.5. The molecule has 0 aliphatic heterocycles. The number of methoxy groups -OCH3 is 2. The molecule has 7 nitrogen and oxygen atoms in total. The van der Waals surface area contributed by atoms with Crippen molar-refractivity contribution in [2.24, 2.45) is 0 Å². The Morgan fingerprint density at radius 1 is 1.10 bits per heavy atom. The summed E-state index contributed by atoms with van der Waals surface area (Å²) in [6.45, 7) is 2.63. The quantitative estimate of drug-likeness (QED) is 0.849. The van der Waals surface area contributed by atoms with Crippen molar-refractivity contribution in [3.8, 4) is 11.5 Å². The van der Waals surface area contributed by atoms with Crippen molar-refractivity contribution in [3.63, 3.8) is 0 Å². The summed E-state index contributed by atoms with van der Waals surface area (Å²) >= 11 is 5.88. The van der Waals surface area contributed by atoms with E-state index in [1.54, 1.807) is 26.4 Å². The van der Waals surface area contributed by atoms with Crippen molar-refractivity contribution >= 4 is 29.2 Å². The molecule has 0 aliphatic rings. The zero-order valence-corrected chi connectivity index (χ0v) is 12.7. The number of halogens is 1. The summed E-state index contributed by atoms with van der Waals surface area (Å²) in [7, 11) is 3.17. The molecule has 0 saturated carbocycles. The van der Waals surface area contributed by atoms with E-state index in [-0.39, 0.29) is 5.28 Å². The van der Waals surface area contributed by atoms with Gasteiger partial charge in [0.1, 0.15) is 11.5 Å². The fourth-order valence-electron chi connectivity index (χ4n) is 1.67. The van der Waals surface area contributed by atoms with Gasteiger partial charge in [0.15, 0.2) is 0 Å². The molecular formula is C13H16ClN5O2. The Kier molecular flexibility index (Phi) is 4.99. The molecule has 0 saturated heterocycles. The molecule has 1 aromatic carbocycles. The SMILES string of the molecule is CCNc1nc(Cl)nc(Nc2ccc(OC)cc2OC)n1. The number of ether oxygens (including phenoxy) is 2.